The third kappa shape index (κ3) is 3.83. The lowest BCUT2D eigenvalue weighted by Crippen LogP contribution is -2.12. The predicted octanol–water partition coefficient (Wildman–Crippen LogP) is 4.11. The van der Waals surface area contributed by atoms with Gasteiger partial charge in [-0.1, -0.05) is 48.6 Å². The van der Waals surface area contributed by atoms with Crippen molar-refractivity contribution in [3.63, 3.8) is 0 Å². The first-order valence-electron chi connectivity index (χ1n) is 8.45. The van der Waals surface area contributed by atoms with Crippen LogP contribution < -0.4 is 5.73 Å². The highest BCUT2D eigenvalue weighted by Crippen LogP contribution is 2.21. The number of anilines is 1. The van der Waals surface area contributed by atoms with E-state index < -0.39 is 5.97 Å². The van der Waals surface area contributed by atoms with Crippen molar-refractivity contribution >= 4 is 23.8 Å². The molecule has 5 heteroatoms. The maximum atomic E-state index is 12.1. The third-order valence-corrected chi connectivity index (χ3v) is 3.89. The van der Waals surface area contributed by atoms with E-state index in [1.54, 1.807) is 23.7 Å². The minimum Gasteiger partial charge on any atom is -0.461 e. The number of nitrogen functional groups attached to an aromatic ring is 1. The normalized spacial score (nSPS) is 11.0. The van der Waals surface area contributed by atoms with Gasteiger partial charge in [-0.25, -0.2) is 9.48 Å². The minimum absolute atomic E-state index is 0.314. The molecule has 0 spiro atoms. The molecular formula is C21H21N3O2. The van der Waals surface area contributed by atoms with Gasteiger partial charge in [0.05, 0.1) is 18.0 Å². The summed E-state index contributed by atoms with van der Waals surface area (Å²) in [6, 6.07) is 17.3. The average molecular weight is 347 g/mol. The molecule has 0 fully saturated rings. The lowest BCUT2D eigenvalue weighted by Gasteiger charge is -2.09. The molecule has 2 aromatic carbocycles. The summed E-state index contributed by atoms with van der Waals surface area (Å²) < 4.78 is 6.67. The Morgan fingerprint density at radius 2 is 1.92 bits per heavy atom. The molecular weight excluding hydrogens is 326 g/mol. The van der Waals surface area contributed by atoms with Gasteiger partial charge >= 0.3 is 5.97 Å². The Morgan fingerprint density at radius 1 is 1.15 bits per heavy atom. The van der Waals surface area contributed by atoms with Crippen LogP contribution >= 0.6 is 0 Å². The number of carbonyl (C=O) groups excluding carboxylic acids is 1. The highest BCUT2D eigenvalue weighted by molar-refractivity contribution is 5.88. The lowest BCUT2D eigenvalue weighted by atomic mass is 10.1. The maximum absolute atomic E-state index is 12.1. The van der Waals surface area contributed by atoms with E-state index in [1.807, 2.05) is 61.5 Å². The smallest absolute Gasteiger partial charge is 0.357 e. The Bertz CT molecular complexity index is 943. The third-order valence-electron chi connectivity index (χ3n) is 3.89. The molecule has 3 rings (SSSR count). The molecule has 0 aliphatic rings. The monoisotopic (exact) mass is 347 g/mol. The van der Waals surface area contributed by atoms with Crippen LogP contribution in [0.5, 0.6) is 0 Å². The average Bonchev–Trinajstić information content (AvgIpc) is 3.04. The minimum atomic E-state index is -0.403. The SMILES string of the molecule is CCOC(=O)c1cc(C)nn1-c1ccc(C=Cc2ccccc2)c(N)c1. The van der Waals surface area contributed by atoms with Crippen molar-refractivity contribution in [2.24, 2.45) is 0 Å². The largest absolute Gasteiger partial charge is 0.461 e. The number of nitrogens with two attached hydrogens (primary N) is 1. The van der Waals surface area contributed by atoms with Crippen molar-refractivity contribution in [3.8, 4) is 5.69 Å². The molecule has 2 N–H and O–H groups in total. The standard InChI is InChI=1S/C21H21N3O2/c1-3-26-21(25)20-13-15(2)23-24(20)18-12-11-17(19(22)14-18)10-9-16-7-5-4-6-8-16/h4-14H,3,22H2,1-2H3. The second-order valence-corrected chi connectivity index (χ2v) is 5.86. The summed E-state index contributed by atoms with van der Waals surface area (Å²) in [5.74, 6) is -0.403. The predicted molar refractivity (Wildman–Crippen MR) is 104 cm³/mol. The number of carbonyl (C=O) groups is 1. The first-order valence-corrected chi connectivity index (χ1v) is 8.45. The molecule has 5 nitrogen and oxygen atoms in total. The summed E-state index contributed by atoms with van der Waals surface area (Å²) in [4.78, 5) is 12.1. The molecule has 1 aromatic heterocycles. The summed E-state index contributed by atoms with van der Waals surface area (Å²) in [5, 5.41) is 4.39. The van der Waals surface area contributed by atoms with Crippen molar-refractivity contribution < 1.29 is 9.53 Å². The van der Waals surface area contributed by atoms with Crippen LogP contribution in [0.2, 0.25) is 0 Å². The van der Waals surface area contributed by atoms with Gasteiger partial charge in [0.2, 0.25) is 0 Å². The highest BCUT2D eigenvalue weighted by Gasteiger charge is 2.16. The number of esters is 1. The zero-order chi connectivity index (χ0) is 18.5. The Kier molecular flexibility index (Phi) is 5.17. The van der Waals surface area contributed by atoms with Gasteiger partial charge in [-0.2, -0.15) is 5.10 Å². The van der Waals surface area contributed by atoms with Crippen LogP contribution in [0, 0.1) is 6.92 Å². The van der Waals surface area contributed by atoms with E-state index in [0.29, 0.717) is 18.0 Å². The molecule has 1 heterocycles. The molecule has 0 aliphatic carbocycles. The number of aryl methyl sites for hydroxylation is 1. The zero-order valence-corrected chi connectivity index (χ0v) is 14.8. The van der Waals surface area contributed by atoms with Crippen LogP contribution in [0.1, 0.15) is 34.2 Å². The molecule has 0 unspecified atom stereocenters. The number of hydrogen-bond acceptors (Lipinski definition) is 4. The van der Waals surface area contributed by atoms with Crippen molar-refractivity contribution in [3.05, 3.63) is 77.1 Å². The van der Waals surface area contributed by atoms with E-state index in [4.69, 9.17) is 10.5 Å². The number of rotatable bonds is 5. The summed E-state index contributed by atoms with van der Waals surface area (Å²) in [5.41, 5.74) is 10.7. The van der Waals surface area contributed by atoms with Gasteiger partial charge in [0.1, 0.15) is 0 Å². The second-order valence-electron chi connectivity index (χ2n) is 5.86. The number of hydrogen-bond donors (Lipinski definition) is 1. The van der Waals surface area contributed by atoms with Crippen LogP contribution in [0.3, 0.4) is 0 Å². The van der Waals surface area contributed by atoms with Crippen molar-refractivity contribution in [2.75, 3.05) is 12.3 Å². The van der Waals surface area contributed by atoms with Gasteiger partial charge in [0, 0.05) is 5.69 Å². The fourth-order valence-electron chi connectivity index (χ4n) is 2.64. The van der Waals surface area contributed by atoms with Crippen LogP contribution in [0.25, 0.3) is 17.8 Å². The summed E-state index contributed by atoms with van der Waals surface area (Å²) >= 11 is 0. The summed E-state index contributed by atoms with van der Waals surface area (Å²) in [6.07, 6.45) is 3.97. The van der Waals surface area contributed by atoms with Crippen molar-refractivity contribution in [2.45, 2.75) is 13.8 Å². The van der Waals surface area contributed by atoms with Gasteiger partial charge in [-0.15, -0.1) is 0 Å². The van der Waals surface area contributed by atoms with E-state index in [1.165, 1.54) is 0 Å². The van der Waals surface area contributed by atoms with Crippen molar-refractivity contribution in [1.29, 1.82) is 0 Å². The molecule has 0 aliphatic heterocycles. The molecule has 0 saturated carbocycles. The number of aromatic nitrogens is 2. The number of ether oxygens (including phenoxy) is 1. The van der Waals surface area contributed by atoms with Crippen LogP contribution in [-0.4, -0.2) is 22.4 Å². The molecule has 26 heavy (non-hydrogen) atoms. The van der Waals surface area contributed by atoms with Gasteiger partial charge < -0.3 is 10.5 Å². The molecule has 0 radical (unpaired) electrons. The van der Waals surface area contributed by atoms with Gasteiger partial charge in [0.25, 0.3) is 0 Å². The van der Waals surface area contributed by atoms with E-state index >= 15 is 0 Å². The number of benzene rings is 2. The van der Waals surface area contributed by atoms with E-state index in [0.717, 1.165) is 22.5 Å². The second kappa shape index (κ2) is 7.70. The Hall–Kier alpha value is -3.34. The van der Waals surface area contributed by atoms with Crippen LogP contribution in [-0.2, 0) is 4.74 Å². The lowest BCUT2D eigenvalue weighted by molar-refractivity contribution is 0.0515. The fourth-order valence-corrected chi connectivity index (χ4v) is 2.64. The van der Waals surface area contributed by atoms with Crippen LogP contribution in [0.4, 0.5) is 5.69 Å². The molecule has 0 amide bonds. The maximum Gasteiger partial charge on any atom is 0.357 e. The topological polar surface area (TPSA) is 70.1 Å². The van der Waals surface area contributed by atoms with E-state index in [2.05, 4.69) is 5.10 Å². The molecule has 132 valence electrons. The van der Waals surface area contributed by atoms with Crippen molar-refractivity contribution in [1.82, 2.24) is 9.78 Å². The fraction of sp³-hybridized carbons (Fsp3) is 0.143. The Morgan fingerprint density at radius 3 is 2.62 bits per heavy atom. The number of nitrogens with zero attached hydrogens (tertiary/aromatic N) is 2. The molecule has 0 atom stereocenters. The van der Waals surface area contributed by atoms with Gasteiger partial charge in [-0.3, -0.25) is 0 Å². The van der Waals surface area contributed by atoms with Gasteiger partial charge in [-0.05, 0) is 43.2 Å². The first kappa shape index (κ1) is 17.5. The molecule has 3 aromatic rings. The highest BCUT2D eigenvalue weighted by atomic mass is 16.5. The van der Waals surface area contributed by atoms with E-state index in [9.17, 15) is 4.79 Å². The summed E-state index contributed by atoms with van der Waals surface area (Å²) in [6.45, 7) is 3.92. The Balaban J connectivity index is 1.91. The quantitative estimate of drug-likeness (QED) is 0.428. The molecule has 0 bridgehead atoms. The Labute approximate surface area is 152 Å². The summed E-state index contributed by atoms with van der Waals surface area (Å²) in [7, 11) is 0. The van der Waals surface area contributed by atoms with Crippen LogP contribution in [0.15, 0.2) is 54.6 Å². The molecule has 0 saturated heterocycles. The first-order chi connectivity index (χ1) is 12.6. The zero-order valence-electron chi connectivity index (χ0n) is 14.8. The van der Waals surface area contributed by atoms with Gasteiger partial charge in [0.15, 0.2) is 5.69 Å². The van der Waals surface area contributed by atoms with E-state index in [-0.39, 0.29) is 0 Å².